The van der Waals surface area contributed by atoms with Crippen LogP contribution in [0.15, 0.2) is 30.3 Å². The third-order valence-corrected chi connectivity index (χ3v) is 5.80. The molecule has 142 valence electrons. The number of anilines is 2. The minimum absolute atomic E-state index is 0.0390. The summed E-state index contributed by atoms with van der Waals surface area (Å²) in [5, 5.41) is 21.9. The van der Waals surface area contributed by atoms with Gasteiger partial charge in [-0.05, 0) is 24.3 Å². The van der Waals surface area contributed by atoms with Crippen molar-refractivity contribution in [3.8, 4) is 0 Å². The molecule has 0 bridgehead atoms. The van der Waals surface area contributed by atoms with E-state index in [1.807, 2.05) is 37.3 Å². The lowest BCUT2D eigenvalue weighted by Gasteiger charge is -2.10. The Morgan fingerprint density at radius 3 is 2.37 bits per heavy atom. The van der Waals surface area contributed by atoms with E-state index in [0.717, 1.165) is 41.3 Å². The fourth-order valence-corrected chi connectivity index (χ4v) is 4.12. The molecule has 0 spiro atoms. The summed E-state index contributed by atoms with van der Waals surface area (Å²) in [6, 6.07) is 10.0. The first kappa shape index (κ1) is 19.4. The Morgan fingerprint density at radius 2 is 1.70 bits per heavy atom. The second-order valence-corrected chi connectivity index (χ2v) is 8.46. The molecule has 7 nitrogen and oxygen atoms in total. The van der Waals surface area contributed by atoms with Gasteiger partial charge in [0.2, 0.25) is 16.2 Å². The van der Waals surface area contributed by atoms with E-state index in [2.05, 4.69) is 25.7 Å². The lowest BCUT2D eigenvalue weighted by Crippen LogP contribution is -2.14. The standard InChI is InChI=1S/C18H22N6OS2/c1-12(13-7-3-2-4-8-13)11-14(25)20-18-24-22-16(27-18)10-6-5-9-15-21-23-17(19)26-15/h2-4,7-8,12H,5-6,9-11H2,1H3,(H2,19,23)(H,20,24,25). The van der Waals surface area contributed by atoms with Crippen LogP contribution in [-0.4, -0.2) is 26.3 Å². The molecule has 9 heteroatoms. The van der Waals surface area contributed by atoms with Crippen molar-refractivity contribution < 1.29 is 4.79 Å². The molecule has 3 rings (SSSR count). The topological polar surface area (TPSA) is 107 Å². The highest BCUT2D eigenvalue weighted by Crippen LogP contribution is 2.22. The number of aryl methyl sites for hydroxylation is 2. The lowest BCUT2D eigenvalue weighted by molar-refractivity contribution is -0.116. The Balaban J connectivity index is 1.40. The molecule has 1 atom stereocenters. The van der Waals surface area contributed by atoms with Crippen molar-refractivity contribution in [2.24, 2.45) is 0 Å². The zero-order chi connectivity index (χ0) is 19.1. The number of benzene rings is 1. The average molecular weight is 403 g/mol. The van der Waals surface area contributed by atoms with Crippen LogP contribution < -0.4 is 11.1 Å². The van der Waals surface area contributed by atoms with Gasteiger partial charge in [0.25, 0.3) is 0 Å². The van der Waals surface area contributed by atoms with Crippen molar-refractivity contribution in [2.75, 3.05) is 11.1 Å². The van der Waals surface area contributed by atoms with Crippen LogP contribution in [0.2, 0.25) is 0 Å². The second-order valence-electron chi connectivity index (χ2n) is 6.31. The summed E-state index contributed by atoms with van der Waals surface area (Å²) < 4.78 is 0. The number of aromatic nitrogens is 4. The molecule has 0 fully saturated rings. The van der Waals surface area contributed by atoms with Crippen LogP contribution in [0.25, 0.3) is 0 Å². The number of nitrogens with zero attached hydrogens (tertiary/aromatic N) is 4. The van der Waals surface area contributed by atoms with Crippen LogP contribution in [0.3, 0.4) is 0 Å². The van der Waals surface area contributed by atoms with Gasteiger partial charge < -0.3 is 11.1 Å². The van der Waals surface area contributed by atoms with Crippen molar-refractivity contribution in [1.82, 2.24) is 20.4 Å². The molecular weight excluding hydrogens is 380 g/mol. The molecule has 1 amide bonds. The molecule has 0 aliphatic carbocycles. The number of hydrogen-bond acceptors (Lipinski definition) is 8. The quantitative estimate of drug-likeness (QED) is 0.529. The normalized spacial score (nSPS) is 12.0. The third-order valence-electron chi connectivity index (χ3n) is 4.09. The highest BCUT2D eigenvalue weighted by atomic mass is 32.1. The van der Waals surface area contributed by atoms with Gasteiger partial charge in [0.05, 0.1) is 0 Å². The highest BCUT2D eigenvalue weighted by Gasteiger charge is 2.13. The zero-order valence-corrected chi connectivity index (χ0v) is 16.7. The van der Waals surface area contributed by atoms with Gasteiger partial charge in [-0.3, -0.25) is 4.79 Å². The van der Waals surface area contributed by atoms with Crippen LogP contribution in [0.1, 0.15) is 47.7 Å². The van der Waals surface area contributed by atoms with Crippen LogP contribution in [0.5, 0.6) is 0 Å². The van der Waals surface area contributed by atoms with Gasteiger partial charge in [0, 0.05) is 19.3 Å². The summed E-state index contributed by atoms with van der Waals surface area (Å²) in [7, 11) is 0. The summed E-state index contributed by atoms with van der Waals surface area (Å²) in [6.45, 7) is 2.05. The van der Waals surface area contributed by atoms with Gasteiger partial charge in [-0.25, -0.2) is 0 Å². The summed E-state index contributed by atoms with van der Waals surface area (Å²) in [4.78, 5) is 12.2. The Morgan fingerprint density at radius 1 is 1.04 bits per heavy atom. The van der Waals surface area contributed by atoms with E-state index in [1.54, 1.807) is 0 Å². The molecule has 0 aliphatic rings. The molecular formula is C18H22N6OS2. The number of nitrogen functional groups attached to an aromatic ring is 1. The first-order valence-corrected chi connectivity index (χ1v) is 10.5. The van der Waals surface area contributed by atoms with Gasteiger partial charge in [-0.15, -0.1) is 20.4 Å². The minimum Gasteiger partial charge on any atom is -0.374 e. The summed E-state index contributed by atoms with van der Waals surface area (Å²) in [5.74, 6) is 0.121. The summed E-state index contributed by atoms with van der Waals surface area (Å²) in [5.41, 5.74) is 6.73. The number of unbranched alkanes of at least 4 members (excludes halogenated alkanes) is 1. The van der Waals surface area contributed by atoms with E-state index in [-0.39, 0.29) is 11.8 Å². The first-order valence-electron chi connectivity index (χ1n) is 8.85. The molecule has 1 unspecified atom stereocenters. The molecule has 0 saturated heterocycles. The van der Waals surface area contributed by atoms with E-state index < -0.39 is 0 Å². The molecule has 1 aromatic carbocycles. The molecule has 3 N–H and O–H groups in total. The minimum atomic E-state index is -0.0390. The predicted molar refractivity (Wildman–Crippen MR) is 109 cm³/mol. The number of hydrogen-bond donors (Lipinski definition) is 2. The molecule has 0 aliphatic heterocycles. The van der Waals surface area contributed by atoms with E-state index in [0.29, 0.717) is 16.7 Å². The predicted octanol–water partition coefficient (Wildman–Crippen LogP) is 3.67. The van der Waals surface area contributed by atoms with Gasteiger partial charge in [0.1, 0.15) is 10.0 Å². The Bertz CT molecular complexity index is 864. The van der Waals surface area contributed by atoms with Gasteiger partial charge in [-0.2, -0.15) is 0 Å². The van der Waals surface area contributed by atoms with Crippen molar-refractivity contribution >= 4 is 38.8 Å². The largest absolute Gasteiger partial charge is 0.374 e. The van der Waals surface area contributed by atoms with Crippen LogP contribution in [-0.2, 0) is 17.6 Å². The van der Waals surface area contributed by atoms with E-state index >= 15 is 0 Å². The summed E-state index contributed by atoms with van der Waals surface area (Å²) in [6.07, 6.45) is 4.10. The number of carbonyl (C=O) groups excluding carboxylic acids is 1. The van der Waals surface area contributed by atoms with Gasteiger partial charge in [0.15, 0.2) is 0 Å². The van der Waals surface area contributed by atoms with Gasteiger partial charge in [-0.1, -0.05) is 59.9 Å². The Kier molecular flexibility index (Phi) is 6.83. The number of rotatable bonds is 9. The highest BCUT2D eigenvalue weighted by molar-refractivity contribution is 7.15. The number of nitrogens with two attached hydrogens (primary N) is 1. The van der Waals surface area contributed by atoms with E-state index in [4.69, 9.17) is 5.73 Å². The smallest absolute Gasteiger partial charge is 0.226 e. The number of carbonyl (C=O) groups is 1. The molecule has 0 saturated carbocycles. The summed E-state index contributed by atoms with van der Waals surface area (Å²) >= 11 is 2.87. The van der Waals surface area contributed by atoms with Crippen molar-refractivity contribution in [3.05, 3.63) is 45.9 Å². The lowest BCUT2D eigenvalue weighted by atomic mass is 9.98. The monoisotopic (exact) mass is 402 g/mol. The zero-order valence-electron chi connectivity index (χ0n) is 15.1. The fourth-order valence-electron chi connectivity index (χ4n) is 2.67. The van der Waals surface area contributed by atoms with Crippen LogP contribution in [0.4, 0.5) is 10.3 Å². The van der Waals surface area contributed by atoms with Crippen LogP contribution in [0, 0.1) is 0 Å². The number of nitrogens with one attached hydrogen (secondary N) is 1. The SMILES string of the molecule is CC(CC(=O)Nc1nnc(CCCCc2nnc(N)s2)s1)c1ccccc1. The first-order chi connectivity index (χ1) is 13.1. The van der Waals surface area contributed by atoms with Crippen molar-refractivity contribution in [3.63, 3.8) is 0 Å². The molecule has 2 aromatic heterocycles. The third kappa shape index (κ3) is 6.07. The Hall–Kier alpha value is -2.39. The molecule has 27 heavy (non-hydrogen) atoms. The van der Waals surface area contributed by atoms with Crippen molar-refractivity contribution in [2.45, 2.75) is 44.9 Å². The number of amides is 1. The van der Waals surface area contributed by atoms with Crippen molar-refractivity contribution in [1.29, 1.82) is 0 Å². The van der Waals surface area contributed by atoms with E-state index in [1.165, 1.54) is 22.7 Å². The Labute approximate surface area is 166 Å². The van der Waals surface area contributed by atoms with E-state index in [9.17, 15) is 4.79 Å². The van der Waals surface area contributed by atoms with Crippen LogP contribution >= 0.6 is 22.7 Å². The fraction of sp³-hybridized carbons (Fsp3) is 0.389. The molecule has 2 heterocycles. The maximum Gasteiger partial charge on any atom is 0.226 e. The second kappa shape index (κ2) is 9.52. The molecule has 0 radical (unpaired) electrons. The maximum atomic E-state index is 12.2. The van der Waals surface area contributed by atoms with Gasteiger partial charge >= 0.3 is 0 Å². The molecule has 3 aromatic rings. The maximum absolute atomic E-state index is 12.2. The average Bonchev–Trinajstić information content (AvgIpc) is 3.28.